The average molecular weight is 146 g/mol. The second kappa shape index (κ2) is 1.99. The van der Waals surface area contributed by atoms with Gasteiger partial charge in [0.1, 0.15) is 6.21 Å². The molecule has 1 aliphatic carbocycles. The van der Waals surface area contributed by atoms with E-state index in [1.807, 2.05) is 0 Å². The van der Waals surface area contributed by atoms with Gasteiger partial charge in [-0.3, -0.25) is 9.59 Å². The van der Waals surface area contributed by atoms with Gasteiger partial charge in [-0.05, 0) is 6.08 Å². The average Bonchev–Trinajstić information content (AvgIpc) is 2.34. The summed E-state index contributed by atoms with van der Waals surface area (Å²) in [5, 5.41) is 0. The van der Waals surface area contributed by atoms with Gasteiger partial charge in [-0.1, -0.05) is 6.08 Å². The quantitative estimate of drug-likeness (QED) is 0.461. The molecule has 0 spiro atoms. The molecular formula is C8H4NO2. The van der Waals surface area contributed by atoms with Gasteiger partial charge < -0.3 is 0 Å². The van der Waals surface area contributed by atoms with E-state index in [9.17, 15) is 9.59 Å². The lowest BCUT2D eigenvalue weighted by Gasteiger charge is -2.02. The Balaban J connectivity index is 2.56. The van der Waals surface area contributed by atoms with Gasteiger partial charge in [0.25, 0.3) is 0 Å². The van der Waals surface area contributed by atoms with Crippen molar-refractivity contribution in [1.29, 1.82) is 0 Å². The maximum absolute atomic E-state index is 11.1. The normalized spacial score (nSPS) is 21.5. The molecule has 0 amide bonds. The van der Waals surface area contributed by atoms with Crippen molar-refractivity contribution in [2.45, 2.75) is 6.42 Å². The number of rotatable bonds is 0. The molecule has 2 aliphatic rings. The largest absolute Gasteiger partial charge is 0.294 e. The van der Waals surface area contributed by atoms with E-state index in [1.165, 1.54) is 0 Å². The Morgan fingerprint density at radius 1 is 1.45 bits per heavy atom. The van der Waals surface area contributed by atoms with Crippen LogP contribution in [0.5, 0.6) is 0 Å². The van der Waals surface area contributed by atoms with E-state index in [2.05, 4.69) is 11.2 Å². The number of ketones is 2. The predicted molar refractivity (Wildman–Crippen MR) is 38.2 cm³/mol. The maximum Gasteiger partial charge on any atom is 0.219 e. The second-order valence-electron chi connectivity index (χ2n) is 2.34. The second-order valence-corrected chi connectivity index (χ2v) is 2.34. The fraction of sp³-hybridized carbons (Fsp3) is 0.125. The lowest BCUT2D eigenvalue weighted by atomic mass is 10.00. The molecule has 0 atom stereocenters. The Labute approximate surface area is 63.1 Å². The smallest absolute Gasteiger partial charge is 0.219 e. The fourth-order valence-electron chi connectivity index (χ4n) is 1.11. The van der Waals surface area contributed by atoms with Crippen LogP contribution in [-0.4, -0.2) is 17.8 Å². The number of aliphatic imine (C=N–C) groups is 1. The van der Waals surface area contributed by atoms with E-state index in [-0.39, 0.29) is 17.1 Å². The van der Waals surface area contributed by atoms with Gasteiger partial charge in [-0.2, -0.15) is 0 Å². The van der Waals surface area contributed by atoms with E-state index in [1.54, 1.807) is 12.2 Å². The van der Waals surface area contributed by atoms with Crippen LogP contribution in [0.4, 0.5) is 0 Å². The van der Waals surface area contributed by atoms with Crippen molar-refractivity contribution in [3.63, 3.8) is 0 Å². The molecule has 3 heteroatoms. The molecule has 0 unspecified atom stereocenters. The summed E-state index contributed by atoms with van der Waals surface area (Å²) in [6, 6.07) is 0. The van der Waals surface area contributed by atoms with Crippen LogP contribution in [0.3, 0.4) is 0 Å². The summed E-state index contributed by atoms with van der Waals surface area (Å²) >= 11 is 0. The van der Waals surface area contributed by atoms with Gasteiger partial charge in [0.05, 0.1) is 11.3 Å². The van der Waals surface area contributed by atoms with Gasteiger partial charge in [0, 0.05) is 6.42 Å². The van der Waals surface area contributed by atoms with Gasteiger partial charge in [0.15, 0.2) is 5.78 Å². The first-order valence-electron chi connectivity index (χ1n) is 3.24. The van der Waals surface area contributed by atoms with Crippen molar-refractivity contribution < 1.29 is 9.59 Å². The van der Waals surface area contributed by atoms with Crippen LogP contribution in [0.2, 0.25) is 0 Å². The number of allylic oxidation sites excluding steroid dienone is 3. The molecule has 0 aromatic heterocycles. The molecule has 3 nitrogen and oxygen atoms in total. The number of carbonyl (C=O) groups is 2. The lowest BCUT2D eigenvalue weighted by molar-refractivity contribution is -0.118. The highest BCUT2D eigenvalue weighted by Crippen LogP contribution is 2.20. The van der Waals surface area contributed by atoms with E-state index in [0.29, 0.717) is 12.1 Å². The molecule has 0 saturated heterocycles. The van der Waals surface area contributed by atoms with E-state index >= 15 is 0 Å². The molecule has 0 saturated carbocycles. The molecule has 2 rings (SSSR count). The van der Waals surface area contributed by atoms with E-state index in [0.717, 1.165) is 0 Å². The number of carbonyl (C=O) groups excluding carboxylic acids is 2. The van der Waals surface area contributed by atoms with Crippen LogP contribution in [0.15, 0.2) is 28.4 Å². The monoisotopic (exact) mass is 146 g/mol. The van der Waals surface area contributed by atoms with Crippen molar-refractivity contribution in [3.8, 4) is 0 Å². The number of hydrogen-bond acceptors (Lipinski definition) is 3. The first-order chi connectivity index (χ1) is 5.29. The predicted octanol–water partition coefficient (Wildman–Crippen LogP) is 0.300. The summed E-state index contributed by atoms with van der Waals surface area (Å²) in [4.78, 5) is 25.6. The summed E-state index contributed by atoms with van der Waals surface area (Å²) in [5.41, 5.74) is 0.666. The molecule has 1 radical (unpaired) electrons. The number of hydrogen-bond donors (Lipinski definition) is 0. The number of nitrogens with zero attached hydrogens (tertiary/aromatic N) is 1. The summed E-state index contributed by atoms with van der Waals surface area (Å²) in [5.74, 6) is -0.532. The van der Waals surface area contributed by atoms with Gasteiger partial charge in [-0.25, -0.2) is 4.99 Å². The molecule has 53 valence electrons. The molecule has 1 heterocycles. The molecule has 11 heavy (non-hydrogen) atoms. The number of Topliss-reactive ketones (excluding diaryl/α,β-unsaturated/α-hetero) is 2. The van der Waals surface area contributed by atoms with Crippen molar-refractivity contribution in [3.05, 3.63) is 23.4 Å². The van der Waals surface area contributed by atoms with Crippen LogP contribution in [0, 0.1) is 0 Å². The van der Waals surface area contributed by atoms with Crippen molar-refractivity contribution >= 4 is 17.8 Å². The fourth-order valence-corrected chi connectivity index (χ4v) is 1.11. The van der Waals surface area contributed by atoms with Crippen LogP contribution in [0.1, 0.15) is 6.42 Å². The first-order valence-corrected chi connectivity index (χ1v) is 3.24. The third-order valence-electron chi connectivity index (χ3n) is 1.62. The minimum Gasteiger partial charge on any atom is -0.294 e. The van der Waals surface area contributed by atoms with E-state index < -0.39 is 0 Å². The Bertz CT molecular complexity index is 334. The van der Waals surface area contributed by atoms with Gasteiger partial charge in [-0.15, -0.1) is 0 Å². The highest BCUT2D eigenvalue weighted by molar-refractivity contribution is 6.46. The zero-order chi connectivity index (χ0) is 7.84. The molecule has 0 N–H and O–H groups in total. The van der Waals surface area contributed by atoms with E-state index in [4.69, 9.17) is 0 Å². The summed E-state index contributed by atoms with van der Waals surface area (Å²) in [6.07, 6.45) is 5.91. The van der Waals surface area contributed by atoms with Crippen LogP contribution in [-0.2, 0) is 9.59 Å². The Kier molecular flexibility index (Phi) is 1.12. The van der Waals surface area contributed by atoms with Crippen LogP contribution < -0.4 is 0 Å². The minimum absolute atomic E-state index is 0.152. The standard InChI is InChI=1S/C8H4NO2/c10-6-3-1-2-5-8(6)7(11)4-9-5/h1-2H,3H2. The van der Waals surface area contributed by atoms with Crippen LogP contribution >= 0.6 is 0 Å². The lowest BCUT2D eigenvalue weighted by Crippen LogP contribution is -2.12. The summed E-state index contributed by atoms with van der Waals surface area (Å²) < 4.78 is 0. The molecule has 0 aromatic rings. The topological polar surface area (TPSA) is 46.5 Å². The van der Waals surface area contributed by atoms with Crippen molar-refractivity contribution in [2.24, 2.45) is 4.99 Å². The zero-order valence-electron chi connectivity index (χ0n) is 5.63. The Morgan fingerprint density at radius 2 is 2.27 bits per heavy atom. The third kappa shape index (κ3) is 0.774. The van der Waals surface area contributed by atoms with Crippen molar-refractivity contribution in [1.82, 2.24) is 0 Å². The van der Waals surface area contributed by atoms with Gasteiger partial charge >= 0.3 is 0 Å². The van der Waals surface area contributed by atoms with Crippen LogP contribution in [0.25, 0.3) is 0 Å². The first kappa shape index (κ1) is 6.22. The SMILES string of the molecule is O=C1[C]=NC2=C1C(=O)CC=C2. The molecule has 0 aromatic carbocycles. The third-order valence-corrected chi connectivity index (χ3v) is 1.62. The zero-order valence-corrected chi connectivity index (χ0v) is 5.63. The molecule has 1 aliphatic heterocycles. The molecule has 0 fully saturated rings. The summed E-state index contributed by atoms with van der Waals surface area (Å²) in [7, 11) is 0. The van der Waals surface area contributed by atoms with Crippen molar-refractivity contribution in [2.75, 3.05) is 0 Å². The minimum atomic E-state index is -0.380. The maximum atomic E-state index is 11.1. The highest BCUT2D eigenvalue weighted by Gasteiger charge is 2.26. The van der Waals surface area contributed by atoms with Gasteiger partial charge in [0.2, 0.25) is 5.78 Å². The molecular weight excluding hydrogens is 142 g/mol. The molecule has 0 bridgehead atoms. The summed E-state index contributed by atoms with van der Waals surface area (Å²) in [6.45, 7) is 0. The Hall–Kier alpha value is -1.51. The Morgan fingerprint density at radius 3 is 3.00 bits per heavy atom. The highest BCUT2D eigenvalue weighted by atomic mass is 16.1.